The number of likely N-dealkylation sites (N-methyl/N-ethyl adjacent to an activating group) is 1. The van der Waals surface area contributed by atoms with Crippen LogP contribution in [0.3, 0.4) is 0 Å². The molecule has 0 radical (unpaired) electrons. The molecule has 2 rings (SSSR count). The van der Waals surface area contributed by atoms with Crippen LogP contribution in [0.4, 0.5) is 0 Å². The first kappa shape index (κ1) is 15.0. The average molecular weight is 271 g/mol. The van der Waals surface area contributed by atoms with Crippen molar-refractivity contribution >= 4 is 0 Å². The van der Waals surface area contributed by atoms with E-state index in [0.717, 1.165) is 38.3 Å². The number of piperazine rings is 1. The molecule has 0 saturated carbocycles. The van der Waals surface area contributed by atoms with Crippen LogP contribution in [0.5, 0.6) is 0 Å². The van der Waals surface area contributed by atoms with Crippen LogP contribution in [-0.2, 0) is 0 Å². The van der Waals surface area contributed by atoms with E-state index < -0.39 is 0 Å². The number of benzene rings is 1. The summed E-state index contributed by atoms with van der Waals surface area (Å²) in [5.41, 5.74) is 2.49. The second-order valence-electron chi connectivity index (χ2n) is 6.11. The van der Waals surface area contributed by atoms with E-state index in [9.17, 15) is 5.26 Å². The molecule has 1 atom stereocenters. The van der Waals surface area contributed by atoms with Gasteiger partial charge in [-0.15, -0.1) is 0 Å². The summed E-state index contributed by atoms with van der Waals surface area (Å²) in [5.74, 6) is 0.529. The van der Waals surface area contributed by atoms with E-state index in [1.165, 1.54) is 5.56 Å². The lowest BCUT2D eigenvalue weighted by molar-refractivity contribution is 0.152. The standard InChI is InChI=1S/C17H25N3/c1-14(2)15-4-6-16(7-5-15)17(12-18)13-20-10-8-19(3)9-11-20/h4-7,14,17H,8-11,13H2,1-3H3. The molecule has 0 aromatic heterocycles. The van der Waals surface area contributed by atoms with Crippen molar-refractivity contribution in [2.24, 2.45) is 0 Å². The summed E-state index contributed by atoms with van der Waals surface area (Å²) in [6, 6.07) is 11.0. The van der Waals surface area contributed by atoms with Crippen LogP contribution in [-0.4, -0.2) is 49.6 Å². The SMILES string of the molecule is CC(C)c1ccc(C(C#N)CN2CCN(C)CC2)cc1. The normalized spacial score (nSPS) is 18.9. The predicted octanol–water partition coefficient (Wildman–Crippen LogP) is 2.66. The molecule has 1 fully saturated rings. The summed E-state index contributed by atoms with van der Waals surface area (Å²) >= 11 is 0. The smallest absolute Gasteiger partial charge is 0.0839 e. The maximum Gasteiger partial charge on any atom is 0.0839 e. The molecule has 1 saturated heterocycles. The molecule has 1 aromatic carbocycles. The maximum atomic E-state index is 9.45. The molecule has 0 aliphatic carbocycles. The second kappa shape index (κ2) is 6.88. The van der Waals surface area contributed by atoms with Gasteiger partial charge in [0, 0.05) is 32.7 Å². The van der Waals surface area contributed by atoms with E-state index in [1.807, 2.05) is 0 Å². The van der Waals surface area contributed by atoms with Gasteiger partial charge >= 0.3 is 0 Å². The van der Waals surface area contributed by atoms with Crippen LogP contribution < -0.4 is 0 Å². The third-order valence-corrected chi connectivity index (χ3v) is 4.20. The highest BCUT2D eigenvalue weighted by Crippen LogP contribution is 2.21. The van der Waals surface area contributed by atoms with Gasteiger partial charge in [0.05, 0.1) is 12.0 Å². The second-order valence-corrected chi connectivity index (χ2v) is 6.11. The van der Waals surface area contributed by atoms with Crippen molar-refractivity contribution in [1.29, 1.82) is 5.26 Å². The third kappa shape index (κ3) is 3.82. The lowest BCUT2D eigenvalue weighted by Crippen LogP contribution is -2.45. The minimum absolute atomic E-state index is 0.0142. The van der Waals surface area contributed by atoms with E-state index in [-0.39, 0.29) is 5.92 Å². The van der Waals surface area contributed by atoms with Crippen LogP contribution in [0.1, 0.15) is 36.8 Å². The fraction of sp³-hybridized carbons (Fsp3) is 0.588. The molecular weight excluding hydrogens is 246 g/mol. The van der Waals surface area contributed by atoms with Gasteiger partial charge < -0.3 is 4.90 Å². The molecule has 3 nitrogen and oxygen atoms in total. The van der Waals surface area contributed by atoms with E-state index in [2.05, 4.69) is 61.0 Å². The van der Waals surface area contributed by atoms with E-state index in [4.69, 9.17) is 0 Å². The van der Waals surface area contributed by atoms with Crippen molar-refractivity contribution in [2.75, 3.05) is 39.8 Å². The lowest BCUT2D eigenvalue weighted by atomic mass is 9.95. The molecule has 0 bridgehead atoms. The monoisotopic (exact) mass is 271 g/mol. The highest BCUT2D eigenvalue weighted by Gasteiger charge is 2.19. The zero-order valence-corrected chi connectivity index (χ0v) is 12.8. The van der Waals surface area contributed by atoms with Crippen LogP contribution in [0.2, 0.25) is 0 Å². The summed E-state index contributed by atoms with van der Waals surface area (Å²) in [6.07, 6.45) is 0. The molecular formula is C17H25N3. The Hall–Kier alpha value is -1.37. The fourth-order valence-electron chi connectivity index (χ4n) is 2.62. The first-order chi connectivity index (χ1) is 9.60. The number of hydrogen-bond acceptors (Lipinski definition) is 3. The Bertz CT molecular complexity index is 450. The highest BCUT2D eigenvalue weighted by atomic mass is 15.2. The van der Waals surface area contributed by atoms with Gasteiger partial charge in [-0.25, -0.2) is 0 Å². The van der Waals surface area contributed by atoms with E-state index in [0.29, 0.717) is 5.92 Å². The van der Waals surface area contributed by atoms with E-state index in [1.54, 1.807) is 0 Å². The molecule has 1 aliphatic rings. The van der Waals surface area contributed by atoms with Crippen LogP contribution >= 0.6 is 0 Å². The summed E-state index contributed by atoms with van der Waals surface area (Å²) < 4.78 is 0. The molecule has 0 N–H and O–H groups in total. The van der Waals surface area contributed by atoms with Crippen LogP contribution in [0.25, 0.3) is 0 Å². The van der Waals surface area contributed by atoms with Gasteiger partial charge in [-0.05, 0) is 24.1 Å². The Balaban J connectivity index is 1.99. The van der Waals surface area contributed by atoms with E-state index >= 15 is 0 Å². The van der Waals surface area contributed by atoms with Crippen molar-refractivity contribution < 1.29 is 0 Å². The average Bonchev–Trinajstić information content (AvgIpc) is 2.47. The number of nitriles is 1. The van der Waals surface area contributed by atoms with Crippen LogP contribution in [0.15, 0.2) is 24.3 Å². The molecule has 0 spiro atoms. The van der Waals surface area contributed by atoms with Crippen molar-refractivity contribution in [3.8, 4) is 6.07 Å². The Labute approximate surface area is 122 Å². The first-order valence-electron chi connectivity index (χ1n) is 7.50. The number of rotatable bonds is 4. The third-order valence-electron chi connectivity index (χ3n) is 4.20. The van der Waals surface area contributed by atoms with Crippen LogP contribution in [0, 0.1) is 11.3 Å². The van der Waals surface area contributed by atoms with Crippen molar-refractivity contribution in [3.05, 3.63) is 35.4 Å². The van der Waals surface area contributed by atoms with Crippen molar-refractivity contribution in [3.63, 3.8) is 0 Å². The quantitative estimate of drug-likeness (QED) is 0.843. The summed E-state index contributed by atoms with van der Waals surface area (Å²) in [4.78, 5) is 4.75. The molecule has 20 heavy (non-hydrogen) atoms. The summed E-state index contributed by atoms with van der Waals surface area (Å²) in [5, 5.41) is 9.45. The molecule has 108 valence electrons. The molecule has 1 heterocycles. The van der Waals surface area contributed by atoms with Gasteiger partial charge in [0.2, 0.25) is 0 Å². The Morgan fingerprint density at radius 1 is 1.05 bits per heavy atom. The molecule has 0 amide bonds. The zero-order valence-electron chi connectivity index (χ0n) is 12.8. The minimum atomic E-state index is -0.0142. The van der Waals surface area contributed by atoms with Gasteiger partial charge in [0.1, 0.15) is 0 Å². The van der Waals surface area contributed by atoms with Gasteiger partial charge in [-0.3, -0.25) is 4.90 Å². The summed E-state index contributed by atoms with van der Waals surface area (Å²) in [7, 11) is 2.16. The zero-order chi connectivity index (χ0) is 14.5. The Morgan fingerprint density at radius 2 is 1.60 bits per heavy atom. The molecule has 1 aromatic rings. The largest absolute Gasteiger partial charge is 0.304 e. The highest BCUT2D eigenvalue weighted by molar-refractivity contribution is 5.30. The predicted molar refractivity (Wildman–Crippen MR) is 82.8 cm³/mol. The van der Waals surface area contributed by atoms with Crippen molar-refractivity contribution in [2.45, 2.75) is 25.7 Å². The lowest BCUT2D eigenvalue weighted by Gasteiger charge is -2.33. The number of hydrogen-bond donors (Lipinski definition) is 0. The van der Waals surface area contributed by atoms with Gasteiger partial charge in [0.25, 0.3) is 0 Å². The minimum Gasteiger partial charge on any atom is -0.304 e. The molecule has 3 heteroatoms. The van der Waals surface area contributed by atoms with Gasteiger partial charge in [0.15, 0.2) is 0 Å². The Morgan fingerprint density at radius 3 is 2.10 bits per heavy atom. The van der Waals surface area contributed by atoms with Gasteiger partial charge in [-0.2, -0.15) is 5.26 Å². The Kier molecular flexibility index (Phi) is 5.17. The molecule has 1 aliphatic heterocycles. The molecule has 1 unspecified atom stereocenters. The number of nitrogens with zero attached hydrogens (tertiary/aromatic N) is 3. The first-order valence-corrected chi connectivity index (χ1v) is 7.50. The van der Waals surface area contributed by atoms with Gasteiger partial charge in [-0.1, -0.05) is 38.1 Å². The topological polar surface area (TPSA) is 30.3 Å². The summed E-state index contributed by atoms with van der Waals surface area (Å²) in [6.45, 7) is 9.58. The van der Waals surface area contributed by atoms with Crippen molar-refractivity contribution in [1.82, 2.24) is 9.80 Å². The fourth-order valence-corrected chi connectivity index (χ4v) is 2.62. The maximum absolute atomic E-state index is 9.45.